The largest absolute Gasteiger partial charge is 0.493 e. The molecule has 6 nitrogen and oxygen atoms in total. The Morgan fingerprint density at radius 2 is 1.95 bits per heavy atom. The van der Waals surface area contributed by atoms with Gasteiger partial charge in [-0.05, 0) is 17.7 Å². The van der Waals surface area contributed by atoms with Gasteiger partial charge in [-0.2, -0.15) is 0 Å². The monoisotopic (exact) mass is 294 g/mol. The molecule has 0 saturated carbocycles. The van der Waals surface area contributed by atoms with E-state index in [0.717, 1.165) is 33.8 Å². The fourth-order valence-electron chi connectivity index (χ4n) is 1.77. The molecule has 0 saturated heterocycles. The minimum absolute atomic E-state index is 0.389. The molecular formula is C13H18N4O2S. The summed E-state index contributed by atoms with van der Waals surface area (Å²) in [7, 11) is 5.17. The van der Waals surface area contributed by atoms with Gasteiger partial charge < -0.3 is 19.8 Å². The minimum atomic E-state index is 0.389. The van der Waals surface area contributed by atoms with Gasteiger partial charge in [0.15, 0.2) is 16.7 Å². The average Bonchev–Trinajstić information content (AvgIpc) is 2.85. The molecule has 1 aromatic heterocycles. The lowest BCUT2D eigenvalue weighted by atomic mass is 10.2. The second kappa shape index (κ2) is 6.62. The maximum Gasteiger partial charge on any atom is 0.191 e. The summed E-state index contributed by atoms with van der Waals surface area (Å²) in [4.78, 5) is 0. The highest BCUT2D eigenvalue weighted by molar-refractivity contribution is 7.98. The number of aromatic nitrogens is 3. The summed E-state index contributed by atoms with van der Waals surface area (Å²) in [6.45, 7) is 0.389. The lowest BCUT2D eigenvalue weighted by Gasteiger charge is -2.09. The first-order chi connectivity index (χ1) is 9.69. The Hall–Kier alpha value is -1.73. The zero-order valence-corrected chi connectivity index (χ0v) is 12.6. The van der Waals surface area contributed by atoms with Crippen molar-refractivity contribution in [3.63, 3.8) is 0 Å². The normalized spacial score (nSPS) is 10.6. The van der Waals surface area contributed by atoms with Gasteiger partial charge in [0.2, 0.25) is 0 Å². The van der Waals surface area contributed by atoms with E-state index >= 15 is 0 Å². The fraction of sp³-hybridized carbons (Fsp3) is 0.385. The number of thioether (sulfide) groups is 1. The predicted octanol–water partition coefficient (Wildman–Crippen LogP) is 1.58. The second-order valence-electron chi connectivity index (χ2n) is 4.14. The van der Waals surface area contributed by atoms with Gasteiger partial charge >= 0.3 is 0 Å². The van der Waals surface area contributed by atoms with Crippen LogP contribution in [0.2, 0.25) is 0 Å². The maximum atomic E-state index is 5.58. The van der Waals surface area contributed by atoms with Gasteiger partial charge in [0.05, 0.1) is 20.8 Å². The Morgan fingerprint density at radius 3 is 2.55 bits per heavy atom. The first-order valence-corrected chi connectivity index (χ1v) is 7.10. The lowest BCUT2D eigenvalue weighted by Crippen LogP contribution is -2.05. The van der Waals surface area contributed by atoms with Crippen molar-refractivity contribution >= 4 is 11.8 Å². The van der Waals surface area contributed by atoms with E-state index < -0.39 is 0 Å². The van der Waals surface area contributed by atoms with Crippen molar-refractivity contribution in [2.45, 2.75) is 17.5 Å². The summed E-state index contributed by atoms with van der Waals surface area (Å²) in [5, 5.41) is 9.00. The molecular weight excluding hydrogens is 276 g/mol. The highest BCUT2D eigenvalue weighted by atomic mass is 32.2. The Kier molecular flexibility index (Phi) is 4.86. The van der Waals surface area contributed by atoms with Crippen LogP contribution in [0.1, 0.15) is 11.4 Å². The molecule has 0 bridgehead atoms. The number of rotatable bonds is 6. The van der Waals surface area contributed by atoms with Crippen LogP contribution in [0.4, 0.5) is 0 Å². The average molecular weight is 294 g/mol. The van der Waals surface area contributed by atoms with Gasteiger partial charge in [-0.3, -0.25) is 0 Å². The third kappa shape index (κ3) is 3.05. The first-order valence-electron chi connectivity index (χ1n) is 6.11. The van der Waals surface area contributed by atoms with Gasteiger partial charge in [-0.1, -0.05) is 17.8 Å². The molecule has 2 N–H and O–H groups in total. The molecule has 0 aliphatic rings. The van der Waals surface area contributed by atoms with E-state index in [0.29, 0.717) is 6.54 Å². The van der Waals surface area contributed by atoms with Gasteiger partial charge in [0, 0.05) is 12.8 Å². The summed E-state index contributed by atoms with van der Waals surface area (Å²) in [6, 6.07) is 5.87. The zero-order valence-electron chi connectivity index (χ0n) is 11.8. The van der Waals surface area contributed by atoms with Crippen LogP contribution in [0.5, 0.6) is 11.5 Å². The summed E-state index contributed by atoms with van der Waals surface area (Å²) in [6.07, 6.45) is 0. The fourth-order valence-corrected chi connectivity index (χ4v) is 2.64. The van der Waals surface area contributed by atoms with Gasteiger partial charge in [-0.25, -0.2) is 0 Å². The molecule has 2 rings (SSSR count). The molecule has 0 fully saturated rings. The van der Waals surface area contributed by atoms with Crippen molar-refractivity contribution in [3.05, 3.63) is 29.6 Å². The SMILES string of the molecule is COc1ccc(CSc2nnc(CN)n2C)cc1OC. The molecule has 1 heterocycles. The van der Waals surface area contributed by atoms with Crippen molar-refractivity contribution in [1.82, 2.24) is 14.8 Å². The lowest BCUT2D eigenvalue weighted by molar-refractivity contribution is 0.354. The van der Waals surface area contributed by atoms with Crippen LogP contribution in [0.25, 0.3) is 0 Å². The quantitative estimate of drug-likeness (QED) is 0.815. The molecule has 0 unspecified atom stereocenters. The Labute approximate surface area is 122 Å². The molecule has 0 radical (unpaired) electrons. The molecule has 0 aliphatic heterocycles. The number of ether oxygens (including phenoxy) is 2. The molecule has 108 valence electrons. The Balaban J connectivity index is 2.08. The van der Waals surface area contributed by atoms with E-state index in [1.165, 1.54) is 0 Å². The number of hydrogen-bond donors (Lipinski definition) is 1. The second-order valence-corrected chi connectivity index (χ2v) is 5.08. The van der Waals surface area contributed by atoms with Crippen molar-refractivity contribution in [1.29, 1.82) is 0 Å². The van der Waals surface area contributed by atoms with Crippen LogP contribution in [-0.2, 0) is 19.3 Å². The van der Waals surface area contributed by atoms with Crippen LogP contribution in [-0.4, -0.2) is 29.0 Å². The summed E-state index contributed by atoms with van der Waals surface area (Å²) in [5.41, 5.74) is 6.71. The number of benzene rings is 1. The molecule has 20 heavy (non-hydrogen) atoms. The van der Waals surface area contributed by atoms with Crippen LogP contribution in [0.15, 0.2) is 23.4 Å². The van der Waals surface area contributed by atoms with E-state index in [1.54, 1.807) is 26.0 Å². The first kappa shape index (κ1) is 14.7. The predicted molar refractivity (Wildman–Crippen MR) is 78.0 cm³/mol. The number of nitrogens with zero attached hydrogens (tertiary/aromatic N) is 3. The van der Waals surface area contributed by atoms with Gasteiger partial charge in [-0.15, -0.1) is 10.2 Å². The van der Waals surface area contributed by atoms with Crippen LogP contribution in [0, 0.1) is 0 Å². The van der Waals surface area contributed by atoms with E-state index in [-0.39, 0.29) is 0 Å². The van der Waals surface area contributed by atoms with Crippen molar-refractivity contribution in [2.75, 3.05) is 14.2 Å². The van der Waals surface area contributed by atoms with E-state index in [1.807, 2.05) is 29.8 Å². The van der Waals surface area contributed by atoms with Gasteiger partial charge in [0.25, 0.3) is 0 Å². The van der Waals surface area contributed by atoms with Gasteiger partial charge in [0.1, 0.15) is 5.82 Å². The summed E-state index contributed by atoms with van der Waals surface area (Å²) < 4.78 is 12.4. The maximum absolute atomic E-state index is 5.58. The Bertz CT molecular complexity index is 586. The molecule has 0 aliphatic carbocycles. The molecule has 0 atom stereocenters. The molecule has 0 amide bonds. The Morgan fingerprint density at radius 1 is 1.20 bits per heavy atom. The highest BCUT2D eigenvalue weighted by Gasteiger charge is 2.09. The number of nitrogens with two attached hydrogens (primary N) is 1. The van der Waals surface area contributed by atoms with Crippen molar-refractivity contribution < 1.29 is 9.47 Å². The smallest absolute Gasteiger partial charge is 0.191 e. The van der Waals surface area contributed by atoms with Crippen molar-refractivity contribution in [3.8, 4) is 11.5 Å². The molecule has 2 aromatic rings. The van der Waals surface area contributed by atoms with Crippen LogP contribution < -0.4 is 15.2 Å². The van der Waals surface area contributed by atoms with E-state index in [2.05, 4.69) is 10.2 Å². The summed E-state index contributed by atoms with van der Waals surface area (Å²) >= 11 is 1.61. The van der Waals surface area contributed by atoms with Crippen molar-refractivity contribution in [2.24, 2.45) is 12.8 Å². The van der Waals surface area contributed by atoms with E-state index in [9.17, 15) is 0 Å². The number of hydrogen-bond acceptors (Lipinski definition) is 6. The standard InChI is InChI=1S/C13H18N4O2S/c1-17-12(7-14)15-16-13(17)20-8-9-4-5-10(18-2)11(6-9)19-3/h4-6H,7-8,14H2,1-3H3. The molecule has 1 aromatic carbocycles. The topological polar surface area (TPSA) is 75.2 Å². The molecule has 7 heteroatoms. The minimum Gasteiger partial charge on any atom is -0.493 e. The van der Waals surface area contributed by atoms with Crippen LogP contribution >= 0.6 is 11.8 Å². The highest BCUT2D eigenvalue weighted by Crippen LogP contribution is 2.30. The molecule has 0 spiro atoms. The third-order valence-corrected chi connectivity index (χ3v) is 4.01. The van der Waals surface area contributed by atoms with Crippen LogP contribution in [0.3, 0.4) is 0 Å². The summed E-state index contributed by atoms with van der Waals surface area (Å²) in [5.74, 6) is 3.01. The number of methoxy groups -OCH3 is 2. The third-order valence-electron chi connectivity index (χ3n) is 2.92. The zero-order chi connectivity index (χ0) is 14.5. The van der Waals surface area contributed by atoms with E-state index in [4.69, 9.17) is 15.2 Å².